The van der Waals surface area contributed by atoms with Gasteiger partial charge in [-0.15, -0.1) is 0 Å². The molecule has 20 heavy (non-hydrogen) atoms. The molecular formula is C16H24N2O2. The van der Waals surface area contributed by atoms with Gasteiger partial charge in [-0.25, -0.2) is 4.79 Å². The molecule has 2 rings (SSSR count). The summed E-state index contributed by atoms with van der Waals surface area (Å²) < 4.78 is 5.50. The molecule has 1 aliphatic rings. The maximum atomic E-state index is 12.4. The van der Waals surface area contributed by atoms with Crippen LogP contribution < -0.4 is 10.6 Å². The van der Waals surface area contributed by atoms with Crippen LogP contribution in [0.25, 0.3) is 0 Å². The van der Waals surface area contributed by atoms with Crippen molar-refractivity contribution in [3.63, 3.8) is 0 Å². The summed E-state index contributed by atoms with van der Waals surface area (Å²) in [7, 11) is 0. The molecule has 1 amide bonds. The number of aryl methyl sites for hydroxylation is 1. The molecule has 0 aromatic heterocycles. The van der Waals surface area contributed by atoms with E-state index in [1.165, 1.54) is 0 Å². The largest absolute Gasteiger partial charge is 0.443 e. The Morgan fingerprint density at radius 1 is 1.40 bits per heavy atom. The van der Waals surface area contributed by atoms with E-state index < -0.39 is 5.60 Å². The summed E-state index contributed by atoms with van der Waals surface area (Å²) in [6.07, 6.45) is 1.58. The average Bonchev–Trinajstić information content (AvgIpc) is 3.02. The minimum atomic E-state index is -0.509. The number of benzene rings is 1. The second kappa shape index (κ2) is 5.09. The van der Waals surface area contributed by atoms with Crippen molar-refractivity contribution in [1.29, 1.82) is 0 Å². The number of rotatable bonds is 3. The second-order valence-corrected chi connectivity index (χ2v) is 6.77. The van der Waals surface area contributed by atoms with Crippen molar-refractivity contribution < 1.29 is 9.53 Å². The minimum Gasteiger partial charge on any atom is -0.443 e. The Labute approximate surface area is 120 Å². The molecular weight excluding hydrogens is 252 g/mol. The van der Waals surface area contributed by atoms with E-state index in [0.29, 0.717) is 6.54 Å². The fraction of sp³-hybridized carbons (Fsp3) is 0.562. The van der Waals surface area contributed by atoms with Crippen LogP contribution in [0.15, 0.2) is 24.3 Å². The summed E-state index contributed by atoms with van der Waals surface area (Å²) in [5, 5.41) is 0. The Bertz CT molecular complexity index is 501. The van der Waals surface area contributed by atoms with Gasteiger partial charge >= 0.3 is 6.09 Å². The fourth-order valence-electron chi connectivity index (χ4n) is 2.01. The molecule has 1 aromatic carbocycles. The predicted octanol–water partition coefficient (Wildman–Crippen LogP) is 3.23. The van der Waals surface area contributed by atoms with Crippen LogP contribution in [0.4, 0.5) is 10.5 Å². The lowest BCUT2D eigenvalue weighted by Crippen LogP contribution is -2.45. The minimum absolute atomic E-state index is 0.249. The number of carbonyl (C=O) groups is 1. The molecule has 0 radical (unpaired) electrons. The maximum Gasteiger partial charge on any atom is 0.414 e. The molecule has 110 valence electrons. The van der Waals surface area contributed by atoms with Crippen molar-refractivity contribution >= 4 is 11.8 Å². The lowest BCUT2D eigenvalue weighted by Gasteiger charge is -2.29. The molecule has 0 heterocycles. The molecule has 0 bridgehead atoms. The quantitative estimate of drug-likeness (QED) is 0.922. The first-order chi connectivity index (χ1) is 9.19. The summed E-state index contributed by atoms with van der Waals surface area (Å²) >= 11 is 0. The smallest absolute Gasteiger partial charge is 0.414 e. The van der Waals surface area contributed by atoms with Crippen LogP contribution in [0, 0.1) is 6.92 Å². The maximum absolute atomic E-state index is 12.4. The number of anilines is 1. The van der Waals surface area contributed by atoms with Gasteiger partial charge in [-0.2, -0.15) is 0 Å². The molecule has 1 fully saturated rings. The summed E-state index contributed by atoms with van der Waals surface area (Å²) in [4.78, 5) is 14.1. The number of ether oxygens (including phenoxy) is 1. The SMILES string of the molecule is Cc1cccc(N(CC2(N)CC2)C(=O)OC(C)(C)C)c1. The molecule has 0 spiro atoms. The van der Waals surface area contributed by atoms with E-state index in [4.69, 9.17) is 10.5 Å². The van der Waals surface area contributed by atoms with Crippen LogP contribution in [0.5, 0.6) is 0 Å². The third kappa shape index (κ3) is 3.97. The number of nitrogens with zero attached hydrogens (tertiary/aromatic N) is 1. The van der Waals surface area contributed by atoms with Crippen molar-refractivity contribution in [3.05, 3.63) is 29.8 Å². The number of amides is 1. The van der Waals surface area contributed by atoms with Gasteiger partial charge in [0, 0.05) is 17.8 Å². The highest BCUT2D eigenvalue weighted by Crippen LogP contribution is 2.35. The molecule has 4 nitrogen and oxygen atoms in total. The molecule has 1 aromatic rings. The monoisotopic (exact) mass is 276 g/mol. The molecule has 4 heteroatoms. The molecule has 1 aliphatic carbocycles. The van der Waals surface area contributed by atoms with Crippen LogP contribution in [-0.2, 0) is 4.74 Å². The van der Waals surface area contributed by atoms with Crippen LogP contribution in [0.2, 0.25) is 0 Å². The van der Waals surface area contributed by atoms with Gasteiger partial charge in [-0.05, 0) is 58.2 Å². The van der Waals surface area contributed by atoms with Crippen LogP contribution in [0.1, 0.15) is 39.2 Å². The van der Waals surface area contributed by atoms with Crippen molar-refractivity contribution in [3.8, 4) is 0 Å². The molecule has 1 saturated carbocycles. The first-order valence-electron chi connectivity index (χ1n) is 7.05. The highest BCUT2D eigenvalue weighted by molar-refractivity contribution is 5.88. The third-order valence-corrected chi connectivity index (χ3v) is 3.29. The third-order valence-electron chi connectivity index (χ3n) is 3.29. The van der Waals surface area contributed by atoms with Crippen molar-refractivity contribution in [2.24, 2.45) is 5.73 Å². The lowest BCUT2D eigenvalue weighted by molar-refractivity contribution is 0.0577. The standard InChI is InChI=1S/C16H24N2O2/c1-12-6-5-7-13(10-12)18(11-16(17)8-9-16)14(19)20-15(2,3)4/h5-7,10H,8-9,11,17H2,1-4H3. The van der Waals surface area contributed by atoms with Gasteiger partial charge in [-0.3, -0.25) is 4.90 Å². The Morgan fingerprint density at radius 3 is 2.55 bits per heavy atom. The first kappa shape index (κ1) is 14.9. The van der Waals surface area contributed by atoms with E-state index >= 15 is 0 Å². The van der Waals surface area contributed by atoms with Gasteiger partial charge in [0.05, 0.1) is 0 Å². The Kier molecular flexibility index (Phi) is 3.78. The highest BCUT2D eigenvalue weighted by Gasteiger charge is 2.42. The predicted molar refractivity (Wildman–Crippen MR) is 80.9 cm³/mol. The summed E-state index contributed by atoms with van der Waals surface area (Å²) in [5.74, 6) is 0. The van der Waals surface area contributed by atoms with E-state index in [1.54, 1.807) is 4.90 Å². The van der Waals surface area contributed by atoms with Gasteiger partial charge in [0.1, 0.15) is 5.60 Å². The second-order valence-electron chi connectivity index (χ2n) is 6.77. The van der Waals surface area contributed by atoms with Crippen LogP contribution >= 0.6 is 0 Å². The van der Waals surface area contributed by atoms with Crippen molar-refractivity contribution in [2.45, 2.75) is 51.7 Å². The van der Waals surface area contributed by atoms with Gasteiger partial charge < -0.3 is 10.5 Å². The number of hydrogen-bond donors (Lipinski definition) is 1. The Hall–Kier alpha value is -1.55. The van der Waals surface area contributed by atoms with E-state index in [0.717, 1.165) is 24.1 Å². The summed E-state index contributed by atoms with van der Waals surface area (Å²) in [6.45, 7) is 8.12. The highest BCUT2D eigenvalue weighted by atomic mass is 16.6. The summed E-state index contributed by atoms with van der Waals surface area (Å²) in [6, 6.07) is 7.85. The van der Waals surface area contributed by atoms with Crippen LogP contribution in [0.3, 0.4) is 0 Å². The molecule has 0 saturated heterocycles. The average molecular weight is 276 g/mol. The van der Waals surface area contributed by atoms with E-state index in [2.05, 4.69) is 0 Å². The fourth-order valence-corrected chi connectivity index (χ4v) is 2.01. The molecule has 2 N–H and O–H groups in total. The van der Waals surface area contributed by atoms with E-state index in [1.807, 2.05) is 52.0 Å². The molecule has 0 unspecified atom stereocenters. The number of nitrogens with two attached hydrogens (primary N) is 1. The van der Waals surface area contributed by atoms with Crippen LogP contribution in [-0.4, -0.2) is 23.8 Å². The molecule has 0 atom stereocenters. The van der Waals surface area contributed by atoms with Gasteiger partial charge in [0.2, 0.25) is 0 Å². The van der Waals surface area contributed by atoms with Gasteiger partial charge in [0.15, 0.2) is 0 Å². The number of carbonyl (C=O) groups excluding carboxylic acids is 1. The first-order valence-corrected chi connectivity index (χ1v) is 7.05. The van der Waals surface area contributed by atoms with Gasteiger partial charge in [-0.1, -0.05) is 12.1 Å². The van der Waals surface area contributed by atoms with Gasteiger partial charge in [0.25, 0.3) is 0 Å². The van der Waals surface area contributed by atoms with Crippen molar-refractivity contribution in [2.75, 3.05) is 11.4 Å². The van der Waals surface area contributed by atoms with E-state index in [9.17, 15) is 4.79 Å². The zero-order valence-corrected chi connectivity index (χ0v) is 12.8. The lowest BCUT2D eigenvalue weighted by atomic mass is 10.2. The summed E-state index contributed by atoms with van der Waals surface area (Å²) in [5.41, 5.74) is 7.37. The topological polar surface area (TPSA) is 55.6 Å². The Morgan fingerprint density at radius 2 is 2.05 bits per heavy atom. The Balaban J connectivity index is 2.22. The zero-order valence-electron chi connectivity index (χ0n) is 12.8. The number of hydrogen-bond acceptors (Lipinski definition) is 3. The normalized spacial score (nSPS) is 16.6. The zero-order chi connectivity index (χ0) is 15.0. The van der Waals surface area contributed by atoms with Crippen molar-refractivity contribution in [1.82, 2.24) is 0 Å². The van der Waals surface area contributed by atoms with E-state index in [-0.39, 0.29) is 11.6 Å². The molecule has 0 aliphatic heterocycles.